The molecule has 2 aromatic heterocycles. The monoisotopic (exact) mass is 450 g/mol. The Kier molecular flexibility index (Phi) is 5.64. The van der Waals surface area contributed by atoms with Crippen LogP contribution in [0.2, 0.25) is 0 Å². The van der Waals surface area contributed by atoms with Crippen molar-refractivity contribution < 1.29 is 13.0 Å². The number of pyridine rings is 1. The zero-order valence-electron chi connectivity index (χ0n) is 18.8. The van der Waals surface area contributed by atoms with Crippen LogP contribution in [-0.4, -0.2) is 25.0 Å². The third-order valence-corrected chi connectivity index (χ3v) is 7.70. The van der Waals surface area contributed by atoms with Crippen LogP contribution in [0.1, 0.15) is 17.1 Å². The number of para-hydroxylation sites is 1. The van der Waals surface area contributed by atoms with Crippen molar-refractivity contribution >= 4 is 32.4 Å². The second-order valence-corrected chi connectivity index (χ2v) is 10.0. The summed E-state index contributed by atoms with van der Waals surface area (Å²) in [7, 11) is -0.167. The molecule has 2 heterocycles. The number of nitrogens with two attached hydrogens (primary N) is 1. The third kappa shape index (κ3) is 3.93. The van der Waals surface area contributed by atoms with Gasteiger partial charge in [-0.25, -0.2) is 18.0 Å². The Hall–Kier alpha value is -3.39. The van der Waals surface area contributed by atoms with Gasteiger partial charge in [0.2, 0.25) is 0 Å². The SMILES string of the molecule is Cc1c[n+](CCc2nc3cc(S(=O)(=O)N(C)c4ccccc4)ccc3n2C)c(C)cc1N. The van der Waals surface area contributed by atoms with Crippen LogP contribution in [0.5, 0.6) is 0 Å². The Bertz CT molecular complexity index is 1400. The van der Waals surface area contributed by atoms with Gasteiger partial charge in [0.25, 0.3) is 10.0 Å². The van der Waals surface area contributed by atoms with E-state index in [1.165, 1.54) is 4.31 Å². The molecule has 4 aromatic rings. The smallest absolute Gasteiger partial charge is 0.264 e. The van der Waals surface area contributed by atoms with Crippen LogP contribution in [-0.2, 0) is 30.0 Å². The lowest BCUT2D eigenvalue weighted by Gasteiger charge is -2.19. The number of nitrogens with zero attached hydrogens (tertiary/aromatic N) is 4. The molecule has 0 saturated carbocycles. The fourth-order valence-electron chi connectivity index (χ4n) is 3.84. The molecule has 0 radical (unpaired) electrons. The summed E-state index contributed by atoms with van der Waals surface area (Å²) in [5, 5.41) is 0. The lowest BCUT2D eigenvalue weighted by Crippen LogP contribution is -2.38. The highest BCUT2D eigenvalue weighted by atomic mass is 32.2. The Morgan fingerprint density at radius 3 is 2.53 bits per heavy atom. The molecular formula is C24H28N5O2S+. The molecule has 0 spiro atoms. The molecule has 0 saturated heterocycles. The molecular weight excluding hydrogens is 422 g/mol. The van der Waals surface area contributed by atoms with Gasteiger partial charge in [0.15, 0.2) is 18.4 Å². The van der Waals surface area contributed by atoms with Gasteiger partial charge in [0.05, 0.1) is 28.0 Å². The minimum absolute atomic E-state index is 0.223. The molecule has 0 aliphatic carbocycles. The molecule has 32 heavy (non-hydrogen) atoms. The lowest BCUT2D eigenvalue weighted by molar-refractivity contribution is -0.702. The molecule has 2 aromatic carbocycles. The maximum atomic E-state index is 13.2. The first-order valence-corrected chi connectivity index (χ1v) is 11.9. The fourth-order valence-corrected chi connectivity index (χ4v) is 5.06. The van der Waals surface area contributed by atoms with Crippen molar-refractivity contribution in [2.45, 2.75) is 31.7 Å². The second-order valence-electron chi connectivity index (χ2n) is 8.04. The van der Waals surface area contributed by atoms with E-state index in [0.29, 0.717) is 17.6 Å². The summed E-state index contributed by atoms with van der Waals surface area (Å²) in [5.41, 5.74) is 11.1. The number of hydrogen-bond acceptors (Lipinski definition) is 4. The molecule has 2 N–H and O–H groups in total. The second kappa shape index (κ2) is 8.27. The number of fused-ring (bicyclic) bond motifs is 1. The fraction of sp³-hybridized carbons (Fsp3) is 0.250. The number of aryl methyl sites for hydroxylation is 5. The average Bonchev–Trinajstić information content (AvgIpc) is 3.10. The van der Waals surface area contributed by atoms with Crippen molar-refractivity contribution in [2.75, 3.05) is 17.1 Å². The van der Waals surface area contributed by atoms with Gasteiger partial charge in [-0.05, 0) is 37.3 Å². The quantitative estimate of drug-likeness (QED) is 0.458. The number of aromatic nitrogens is 3. The van der Waals surface area contributed by atoms with E-state index in [1.807, 2.05) is 55.8 Å². The maximum Gasteiger partial charge on any atom is 0.264 e. The number of nitrogen functional groups attached to an aromatic ring is 1. The molecule has 0 amide bonds. The summed E-state index contributed by atoms with van der Waals surface area (Å²) in [5.74, 6) is 0.896. The lowest BCUT2D eigenvalue weighted by atomic mass is 10.2. The highest BCUT2D eigenvalue weighted by Gasteiger charge is 2.23. The Labute approximate surface area is 188 Å². The minimum atomic E-state index is -3.69. The topological polar surface area (TPSA) is 85.1 Å². The van der Waals surface area contributed by atoms with Gasteiger partial charge in [-0.3, -0.25) is 4.31 Å². The van der Waals surface area contributed by atoms with Gasteiger partial charge in [-0.1, -0.05) is 18.2 Å². The van der Waals surface area contributed by atoms with Crippen LogP contribution in [0.3, 0.4) is 0 Å². The van der Waals surface area contributed by atoms with Crippen LogP contribution in [0, 0.1) is 13.8 Å². The standard InChI is InChI=1S/C24H27N5O2S/c1-17-16-29(18(2)14-21(17)25)13-12-24-26-22-15-20(10-11-23(22)27(24)3)32(30,31)28(4)19-8-6-5-7-9-19/h5-11,14-16,25H,12-13H2,1-4H3/p+1. The van der Waals surface area contributed by atoms with E-state index >= 15 is 0 Å². The number of sulfonamides is 1. The van der Waals surface area contributed by atoms with Crippen molar-refractivity contribution in [3.63, 3.8) is 0 Å². The zero-order valence-corrected chi connectivity index (χ0v) is 19.6. The summed E-state index contributed by atoms with van der Waals surface area (Å²) in [4.78, 5) is 4.97. The van der Waals surface area contributed by atoms with E-state index in [9.17, 15) is 8.42 Å². The number of imidazole rings is 1. The van der Waals surface area contributed by atoms with Gasteiger partial charge < -0.3 is 10.3 Å². The van der Waals surface area contributed by atoms with E-state index in [0.717, 1.165) is 34.8 Å². The molecule has 0 unspecified atom stereocenters. The van der Waals surface area contributed by atoms with E-state index in [2.05, 4.69) is 10.8 Å². The number of hydrogen-bond donors (Lipinski definition) is 1. The van der Waals surface area contributed by atoms with Crippen LogP contribution >= 0.6 is 0 Å². The van der Waals surface area contributed by atoms with Crippen LogP contribution < -0.4 is 14.6 Å². The predicted molar refractivity (Wildman–Crippen MR) is 127 cm³/mol. The molecule has 0 bridgehead atoms. The largest absolute Gasteiger partial charge is 0.398 e. The van der Waals surface area contributed by atoms with E-state index in [4.69, 9.17) is 10.7 Å². The van der Waals surface area contributed by atoms with E-state index in [-0.39, 0.29) is 4.90 Å². The summed E-state index contributed by atoms with van der Waals surface area (Å²) < 4.78 is 31.8. The van der Waals surface area contributed by atoms with Crippen molar-refractivity contribution in [1.82, 2.24) is 9.55 Å². The van der Waals surface area contributed by atoms with Gasteiger partial charge in [-0.2, -0.15) is 0 Å². The predicted octanol–water partition coefficient (Wildman–Crippen LogP) is 3.13. The van der Waals surface area contributed by atoms with E-state index < -0.39 is 10.0 Å². The van der Waals surface area contributed by atoms with Gasteiger partial charge >= 0.3 is 0 Å². The van der Waals surface area contributed by atoms with Crippen molar-refractivity contribution in [1.29, 1.82) is 0 Å². The molecule has 4 rings (SSSR count). The average molecular weight is 451 g/mol. The molecule has 0 atom stereocenters. The first kappa shape index (κ1) is 21.8. The van der Waals surface area contributed by atoms with Crippen molar-refractivity contribution in [3.8, 4) is 0 Å². The Morgan fingerprint density at radius 2 is 1.81 bits per heavy atom. The maximum absolute atomic E-state index is 13.2. The summed E-state index contributed by atoms with van der Waals surface area (Å²) in [6.07, 6.45) is 2.77. The molecule has 0 aliphatic rings. The first-order chi connectivity index (χ1) is 15.2. The Morgan fingerprint density at radius 1 is 1.09 bits per heavy atom. The molecule has 8 heteroatoms. The van der Waals surface area contributed by atoms with E-state index in [1.54, 1.807) is 31.3 Å². The minimum Gasteiger partial charge on any atom is -0.398 e. The molecule has 166 valence electrons. The molecule has 0 fully saturated rings. The van der Waals surface area contributed by atoms with Crippen molar-refractivity contribution in [2.24, 2.45) is 7.05 Å². The summed E-state index contributed by atoms with van der Waals surface area (Å²) >= 11 is 0. The normalized spacial score (nSPS) is 11.8. The number of benzene rings is 2. The van der Waals surface area contributed by atoms with Crippen LogP contribution in [0.4, 0.5) is 11.4 Å². The summed E-state index contributed by atoms with van der Waals surface area (Å²) in [6.45, 7) is 4.78. The highest BCUT2D eigenvalue weighted by molar-refractivity contribution is 7.92. The van der Waals surface area contributed by atoms with Gasteiger partial charge in [-0.15, -0.1) is 0 Å². The Balaban J connectivity index is 1.63. The highest BCUT2D eigenvalue weighted by Crippen LogP contribution is 2.25. The van der Waals surface area contributed by atoms with Crippen LogP contribution in [0.25, 0.3) is 11.0 Å². The number of anilines is 2. The molecule has 7 nitrogen and oxygen atoms in total. The zero-order chi connectivity index (χ0) is 23.0. The van der Waals surface area contributed by atoms with Crippen molar-refractivity contribution in [3.05, 3.63) is 77.9 Å². The van der Waals surface area contributed by atoms with Crippen LogP contribution in [0.15, 0.2) is 65.7 Å². The summed E-state index contributed by atoms with van der Waals surface area (Å²) in [6, 6.07) is 16.1. The number of rotatable bonds is 6. The third-order valence-electron chi connectivity index (χ3n) is 5.92. The van der Waals surface area contributed by atoms with Gasteiger partial charge in [0.1, 0.15) is 5.82 Å². The van der Waals surface area contributed by atoms with Gasteiger partial charge in [0, 0.05) is 38.3 Å². The first-order valence-electron chi connectivity index (χ1n) is 10.4. The molecule has 0 aliphatic heterocycles.